The first-order valence-electron chi connectivity index (χ1n) is 7.14. The molecule has 1 aromatic carbocycles. The lowest BCUT2D eigenvalue weighted by Gasteiger charge is -2.27. The lowest BCUT2D eigenvalue weighted by molar-refractivity contribution is -0.120. The number of pyridine rings is 1. The van der Waals surface area contributed by atoms with Crippen molar-refractivity contribution in [2.24, 2.45) is 0 Å². The van der Waals surface area contributed by atoms with Crippen LogP contribution in [-0.4, -0.2) is 17.4 Å². The lowest BCUT2D eigenvalue weighted by Crippen LogP contribution is -2.43. The van der Waals surface area contributed by atoms with E-state index in [1.54, 1.807) is 12.4 Å². The molecule has 2 aromatic rings. The first kappa shape index (κ1) is 16.5. The Balaban J connectivity index is 1.85. The molecule has 1 heterocycles. The standard InChI is InChI=1S/C17H20ClN3O/c1-17(2,14-6-3-7-15(18)9-14)21-12-16(22)20-11-13-5-4-8-19-10-13/h3-10,21H,11-12H2,1-2H3,(H,20,22). The maximum atomic E-state index is 11.9. The van der Waals surface area contributed by atoms with Crippen molar-refractivity contribution in [3.05, 3.63) is 64.9 Å². The van der Waals surface area contributed by atoms with Gasteiger partial charge in [-0.3, -0.25) is 15.1 Å². The highest BCUT2D eigenvalue weighted by molar-refractivity contribution is 6.30. The highest BCUT2D eigenvalue weighted by Crippen LogP contribution is 2.22. The normalized spacial score (nSPS) is 11.2. The fourth-order valence-electron chi connectivity index (χ4n) is 2.05. The molecule has 0 spiro atoms. The Morgan fingerprint density at radius 2 is 2.09 bits per heavy atom. The molecule has 116 valence electrons. The SMILES string of the molecule is CC(C)(NCC(=O)NCc1cccnc1)c1cccc(Cl)c1. The van der Waals surface area contributed by atoms with Gasteiger partial charge in [0, 0.05) is 29.5 Å². The van der Waals surface area contributed by atoms with Crippen LogP contribution < -0.4 is 10.6 Å². The number of nitrogens with zero attached hydrogens (tertiary/aromatic N) is 1. The molecule has 22 heavy (non-hydrogen) atoms. The van der Waals surface area contributed by atoms with Crippen LogP contribution in [0.2, 0.25) is 5.02 Å². The summed E-state index contributed by atoms with van der Waals surface area (Å²) in [4.78, 5) is 16.0. The fraction of sp³-hybridized carbons (Fsp3) is 0.294. The Labute approximate surface area is 135 Å². The molecule has 0 aliphatic heterocycles. The van der Waals surface area contributed by atoms with Crippen molar-refractivity contribution < 1.29 is 4.79 Å². The zero-order valence-corrected chi connectivity index (χ0v) is 13.5. The van der Waals surface area contributed by atoms with E-state index in [1.165, 1.54) is 0 Å². The zero-order chi connectivity index (χ0) is 16.0. The fourth-order valence-corrected chi connectivity index (χ4v) is 2.24. The van der Waals surface area contributed by atoms with E-state index in [0.29, 0.717) is 11.6 Å². The molecular weight excluding hydrogens is 298 g/mol. The summed E-state index contributed by atoms with van der Waals surface area (Å²) in [5.41, 5.74) is 1.68. The number of benzene rings is 1. The highest BCUT2D eigenvalue weighted by Gasteiger charge is 2.20. The summed E-state index contributed by atoms with van der Waals surface area (Å²) in [5, 5.41) is 6.81. The van der Waals surface area contributed by atoms with E-state index in [2.05, 4.69) is 15.6 Å². The van der Waals surface area contributed by atoms with Gasteiger partial charge in [0.15, 0.2) is 0 Å². The average molecular weight is 318 g/mol. The van der Waals surface area contributed by atoms with Crippen LogP contribution in [0.1, 0.15) is 25.0 Å². The number of carbonyl (C=O) groups excluding carboxylic acids is 1. The number of rotatable bonds is 6. The summed E-state index contributed by atoms with van der Waals surface area (Å²) in [6, 6.07) is 11.4. The lowest BCUT2D eigenvalue weighted by atomic mass is 9.94. The number of halogens is 1. The van der Waals surface area contributed by atoms with Crippen LogP contribution in [0, 0.1) is 0 Å². The number of aromatic nitrogens is 1. The third-order valence-corrected chi connectivity index (χ3v) is 3.68. The molecule has 2 rings (SSSR count). The van der Waals surface area contributed by atoms with Crippen LogP contribution in [-0.2, 0) is 16.9 Å². The largest absolute Gasteiger partial charge is 0.351 e. The van der Waals surface area contributed by atoms with Crippen LogP contribution in [0.4, 0.5) is 0 Å². The Kier molecular flexibility index (Phi) is 5.52. The van der Waals surface area contributed by atoms with Crippen molar-refractivity contribution in [2.75, 3.05) is 6.54 Å². The summed E-state index contributed by atoms with van der Waals surface area (Å²) in [6.45, 7) is 4.76. The second kappa shape index (κ2) is 7.38. The number of amides is 1. The summed E-state index contributed by atoms with van der Waals surface area (Å²) >= 11 is 6.02. The molecule has 1 aromatic heterocycles. The highest BCUT2D eigenvalue weighted by atomic mass is 35.5. The van der Waals surface area contributed by atoms with Crippen LogP contribution in [0.25, 0.3) is 0 Å². The van der Waals surface area contributed by atoms with Crippen molar-refractivity contribution in [2.45, 2.75) is 25.9 Å². The van der Waals surface area contributed by atoms with Gasteiger partial charge >= 0.3 is 0 Å². The minimum Gasteiger partial charge on any atom is -0.351 e. The van der Waals surface area contributed by atoms with E-state index < -0.39 is 0 Å². The monoisotopic (exact) mass is 317 g/mol. The average Bonchev–Trinajstić information content (AvgIpc) is 2.52. The van der Waals surface area contributed by atoms with Crippen molar-refractivity contribution >= 4 is 17.5 Å². The first-order chi connectivity index (χ1) is 10.5. The summed E-state index contributed by atoms with van der Waals surface area (Å²) in [5.74, 6) is -0.0565. The molecule has 0 aliphatic carbocycles. The molecular formula is C17H20ClN3O. The van der Waals surface area contributed by atoms with Crippen molar-refractivity contribution in [3.63, 3.8) is 0 Å². The minimum atomic E-state index is -0.337. The van der Waals surface area contributed by atoms with Crippen LogP contribution in [0.15, 0.2) is 48.8 Å². The predicted molar refractivity (Wildman–Crippen MR) is 88.6 cm³/mol. The maximum Gasteiger partial charge on any atom is 0.234 e. The summed E-state index contributed by atoms with van der Waals surface area (Å²) in [7, 11) is 0. The van der Waals surface area contributed by atoms with E-state index >= 15 is 0 Å². The maximum absolute atomic E-state index is 11.9. The molecule has 0 unspecified atom stereocenters. The quantitative estimate of drug-likeness (QED) is 0.861. The summed E-state index contributed by atoms with van der Waals surface area (Å²) < 4.78 is 0. The van der Waals surface area contributed by atoms with Crippen molar-refractivity contribution in [1.82, 2.24) is 15.6 Å². The Morgan fingerprint density at radius 3 is 2.77 bits per heavy atom. The molecule has 0 fully saturated rings. The molecule has 0 saturated carbocycles. The zero-order valence-electron chi connectivity index (χ0n) is 12.8. The topological polar surface area (TPSA) is 54.0 Å². The Bertz CT molecular complexity index is 629. The van der Waals surface area contributed by atoms with E-state index in [0.717, 1.165) is 11.1 Å². The molecule has 0 radical (unpaired) electrons. The second-order valence-electron chi connectivity index (χ2n) is 5.63. The third-order valence-electron chi connectivity index (χ3n) is 3.45. The first-order valence-corrected chi connectivity index (χ1v) is 7.52. The van der Waals surface area contributed by atoms with Gasteiger partial charge in [-0.15, -0.1) is 0 Å². The van der Waals surface area contributed by atoms with Crippen LogP contribution in [0.3, 0.4) is 0 Å². The molecule has 0 aliphatic rings. The van der Waals surface area contributed by atoms with Gasteiger partial charge in [0.05, 0.1) is 6.54 Å². The molecule has 4 nitrogen and oxygen atoms in total. The number of hydrogen-bond acceptors (Lipinski definition) is 3. The second-order valence-corrected chi connectivity index (χ2v) is 6.06. The predicted octanol–water partition coefficient (Wildman–Crippen LogP) is 2.88. The molecule has 0 saturated heterocycles. The number of carbonyl (C=O) groups is 1. The molecule has 0 bridgehead atoms. The van der Waals surface area contributed by atoms with Gasteiger partial charge in [-0.05, 0) is 43.2 Å². The van der Waals surface area contributed by atoms with Gasteiger partial charge < -0.3 is 5.32 Å². The van der Waals surface area contributed by atoms with Gasteiger partial charge in [0.2, 0.25) is 5.91 Å². The molecule has 0 atom stereocenters. The van der Waals surface area contributed by atoms with Gasteiger partial charge in [0.25, 0.3) is 0 Å². The summed E-state index contributed by atoms with van der Waals surface area (Å²) in [6.07, 6.45) is 3.45. The minimum absolute atomic E-state index is 0.0565. The number of nitrogens with one attached hydrogen (secondary N) is 2. The van der Waals surface area contributed by atoms with E-state index in [4.69, 9.17) is 11.6 Å². The van der Waals surface area contributed by atoms with E-state index in [-0.39, 0.29) is 18.0 Å². The Morgan fingerprint density at radius 1 is 1.27 bits per heavy atom. The van der Waals surface area contributed by atoms with E-state index in [9.17, 15) is 4.79 Å². The van der Waals surface area contributed by atoms with E-state index in [1.807, 2.05) is 50.2 Å². The van der Waals surface area contributed by atoms with Gasteiger partial charge in [-0.25, -0.2) is 0 Å². The Hall–Kier alpha value is -1.91. The van der Waals surface area contributed by atoms with Crippen LogP contribution >= 0.6 is 11.6 Å². The van der Waals surface area contributed by atoms with Crippen LogP contribution in [0.5, 0.6) is 0 Å². The molecule has 2 N–H and O–H groups in total. The van der Waals surface area contributed by atoms with Gasteiger partial charge in [-0.2, -0.15) is 0 Å². The molecule has 5 heteroatoms. The number of hydrogen-bond donors (Lipinski definition) is 2. The smallest absolute Gasteiger partial charge is 0.234 e. The third kappa shape index (κ3) is 4.83. The van der Waals surface area contributed by atoms with Gasteiger partial charge in [-0.1, -0.05) is 29.8 Å². The van der Waals surface area contributed by atoms with Crippen molar-refractivity contribution in [1.29, 1.82) is 0 Å². The van der Waals surface area contributed by atoms with Gasteiger partial charge in [0.1, 0.15) is 0 Å². The van der Waals surface area contributed by atoms with Crippen molar-refractivity contribution in [3.8, 4) is 0 Å². The molecule has 1 amide bonds.